The Morgan fingerprint density at radius 3 is 2.72 bits per heavy atom. The number of aromatic hydroxyl groups is 1. The van der Waals surface area contributed by atoms with Crippen LogP contribution in [-0.2, 0) is 9.68 Å². The van der Waals surface area contributed by atoms with Gasteiger partial charge < -0.3 is 14.8 Å². The fourth-order valence-corrected chi connectivity index (χ4v) is 5.65. The molecule has 2 saturated carbocycles. The lowest BCUT2D eigenvalue weighted by atomic mass is 9.55. The second-order valence-corrected chi connectivity index (χ2v) is 7.79. The van der Waals surface area contributed by atoms with Gasteiger partial charge in [0, 0.05) is 11.0 Å². The van der Waals surface area contributed by atoms with Crippen molar-refractivity contribution in [2.24, 2.45) is 27.6 Å². The zero-order valence-electron chi connectivity index (χ0n) is 15.2. The van der Waals surface area contributed by atoms with Crippen molar-refractivity contribution in [1.82, 2.24) is 0 Å². The number of hydrogen-bond acceptors (Lipinski definition) is 5. The van der Waals surface area contributed by atoms with E-state index in [1.54, 1.807) is 20.3 Å². The molecule has 4 atom stereocenters. The molecule has 0 heterocycles. The first-order valence-electron chi connectivity index (χ1n) is 9.12. The molecule has 5 heteroatoms. The van der Waals surface area contributed by atoms with Gasteiger partial charge in [0.25, 0.3) is 0 Å². The zero-order valence-corrected chi connectivity index (χ0v) is 15.2. The molecule has 5 nitrogen and oxygen atoms in total. The SMILES string of the molecule is CO/N=C1\CC2C(CC[C@]3(C)/C(=N/OC)CCC23)c2ccc(O)cc21. The Balaban J connectivity index is 1.77. The highest BCUT2D eigenvalue weighted by Gasteiger charge is 2.54. The molecular formula is C20H26N2O3. The number of hydrogen-bond donors (Lipinski definition) is 1. The smallest absolute Gasteiger partial charge is 0.116 e. The average Bonchev–Trinajstić information content (AvgIpc) is 2.93. The summed E-state index contributed by atoms with van der Waals surface area (Å²) < 4.78 is 0. The fourth-order valence-electron chi connectivity index (χ4n) is 5.65. The van der Waals surface area contributed by atoms with Crippen molar-refractivity contribution in [1.29, 1.82) is 0 Å². The summed E-state index contributed by atoms with van der Waals surface area (Å²) in [5.74, 6) is 1.93. The van der Waals surface area contributed by atoms with Crippen LogP contribution < -0.4 is 0 Å². The van der Waals surface area contributed by atoms with Gasteiger partial charge in [0.15, 0.2) is 0 Å². The molecule has 2 fully saturated rings. The molecule has 0 saturated heterocycles. The number of fused-ring (bicyclic) bond motifs is 5. The second-order valence-electron chi connectivity index (χ2n) is 7.79. The lowest BCUT2D eigenvalue weighted by Crippen LogP contribution is -2.43. The molecule has 3 aliphatic carbocycles. The van der Waals surface area contributed by atoms with E-state index in [0.29, 0.717) is 17.8 Å². The van der Waals surface area contributed by atoms with Gasteiger partial charge in [-0.05, 0) is 67.6 Å². The minimum Gasteiger partial charge on any atom is -0.508 e. The summed E-state index contributed by atoms with van der Waals surface area (Å²) in [5, 5.41) is 18.6. The van der Waals surface area contributed by atoms with Crippen LogP contribution in [0.3, 0.4) is 0 Å². The van der Waals surface area contributed by atoms with Crippen molar-refractivity contribution in [2.45, 2.75) is 44.9 Å². The number of oxime groups is 2. The quantitative estimate of drug-likeness (QED) is 0.825. The maximum Gasteiger partial charge on any atom is 0.116 e. The van der Waals surface area contributed by atoms with Crippen molar-refractivity contribution < 1.29 is 14.8 Å². The van der Waals surface area contributed by atoms with Gasteiger partial charge in [-0.25, -0.2) is 0 Å². The predicted molar refractivity (Wildman–Crippen MR) is 97.0 cm³/mol. The van der Waals surface area contributed by atoms with E-state index in [1.165, 1.54) is 11.3 Å². The molecule has 0 aromatic heterocycles. The Bertz CT molecular complexity index is 742. The number of benzene rings is 1. The van der Waals surface area contributed by atoms with Crippen molar-refractivity contribution >= 4 is 11.4 Å². The third-order valence-corrected chi connectivity index (χ3v) is 6.76. The summed E-state index contributed by atoms with van der Waals surface area (Å²) in [7, 11) is 3.23. The van der Waals surface area contributed by atoms with Crippen LogP contribution in [0.25, 0.3) is 0 Å². The molecule has 0 spiro atoms. The van der Waals surface area contributed by atoms with E-state index in [0.717, 1.165) is 43.4 Å². The summed E-state index contributed by atoms with van der Waals surface area (Å²) in [5.41, 5.74) is 4.67. The first-order valence-corrected chi connectivity index (χ1v) is 9.12. The van der Waals surface area contributed by atoms with Crippen LogP contribution in [0.15, 0.2) is 28.5 Å². The van der Waals surface area contributed by atoms with Crippen LogP contribution >= 0.6 is 0 Å². The summed E-state index contributed by atoms with van der Waals surface area (Å²) in [6, 6.07) is 5.71. The van der Waals surface area contributed by atoms with E-state index >= 15 is 0 Å². The molecule has 134 valence electrons. The van der Waals surface area contributed by atoms with Gasteiger partial charge in [0.2, 0.25) is 0 Å². The fraction of sp³-hybridized carbons (Fsp3) is 0.600. The minimum absolute atomic E-state index is 0.129. The molecule has 1 aromatic rings. The zero-order chi connectivity index (χ0) is 17.6. The summed E-state index contributed by atoms with van der Waals surface area (Å²) in [6.07, 6.45) is 5.36. The van der Waals surface area contributed by atoms with Crippen LogP contribution in [0.5, 0.6) is 5.75 Å². The molecule has 0 radical (unpaired) electrons. The van der Waals surface area contributed by atoms with Crippen LogP contribution in [0.1, 0.15) is 56.1 Å². The van der Waals surface area contributed by atoms with Crippen LogP contribution in [-0.4, -0.2) is 30.7 Å². The Labute approximate surface area is 148 Å². The van der Waals surface area contributed by atoms with Gasteiger partial charge in [-0.15, -0.1) is 0 Å². The largest absolute Gasteiger partial charge is 0.508 e. The maximum atomic E-state index is 9.93. The second kappa shape index (κ2) is 6.04. The standard InChI is InChI=1S/C20H26N2O3/c1-20-9-8-14-13-5-4-12(23)10-16(13)18(21-24-2)11-15(14)17(20)6-7-19(20)22-25-3/h4-5,10,14-15,17,23H,6-9,11H2,1-3H3/b21-18+,22-19+/t14?,15?,17?,20-/m0/s1. The number of phenols is 1. The maximum absolute atomic E-state index is 9.93. The first kappa shape index (κ1) is 16.4. The van der Waals surface area contributed by atoms with E-state index in [9.17, 15) is 5.11 Å². The van der Waals surface area contributed by atoms with Crippen molar-refractivity contribution in [2.75, 3.05) is 14.2 Å². The van der Waals surface area contributed by atoms with E-state index in [1.807, 2.05) is 6.07 Å². The molecule has 3 unspecified atom stereocenters. The van der Waals surface area contributed by atoms with Crippen molar-refractivity contribution in [3.05, 3.63) is 29.3 Å². The molecule has 25 heavy (non-hydrogen) atoms. The molecule has 4 rings (SSSR count). The molecule has 0 bridgehead atoms. The van der Waals surface area contributed by atoms with E-state index in [4.69, 9.17) is 9.68 Å². The summed E-state index contributed by atoms with van der Waals surface area (Å²) in [4.78, 5) is 10.2. The number of rotatable bonds is 2. The van der Waals surface area contributed by atoms with Gasteiger partial charge in [-0.1, -0.05) is 23.3 Å². The third-order valence-electron chi connectivity index (χ3n) is 6.76. The van der Waals surface area contributed by atoms with E-state index < -0.39 is 0 Å². The molecule has 3 aliphatic rings. The Morgan fingerprint density at radius 1 is 1.16 bits per heavy atom. The molecule has 1 N–H and O–H groups in total. The first-order chi connectivity index (χ1) is 12.1. The monoisotopic (exact) mass is 342 g/mol. The normalized spacial score (nSPS) is 36.7. The Hall–Kier alpha value is -2.04. The Kier molecular flexibility index (Phi) is 3.97. The van der Waals surface area contributed by atoms with Crippen LogP contribution in [0, 0.1) is 17.3 Å². The predicted octanol–water partition coefficient (Wildman–Crippen LogP) is 4.06. The van der Waals surface area contributed by atoms with Crippen LogP contribution in [0.2, 0.25) is 0 Å². The topological polar surface area (TPSA) is 63.4 Å². The number of nitrogens with zero attached hydrogens (tertiary/aromatic N) is 2. The van der Waals surface area contributed by atoms with Gasteiger partial charge in [-0.2, -0.15) is 0 Å². The Morgan fingerprint density at radius 2 is 1.96 bits per heavy atom. The van der Waals surface area contributed by atoms with E-state index in [-0.39, 0.29) is 11.2 Å². The van der Waals surface area contributed by atoms with Gasteiger partial charge in [-0.3, -0.25) is 0 Å². The lowest BCUT2D eigenvalue weighted by molar-refractivity contribution is 0.105. The van der Waals surface area contributed by atoms with Gasteiger partial charge >= 0.3 is 0 Å². The molecule has 0 aliphatic heterocycles. The average molecular weight is 342 g/mol. The van der Waals surface area contributed by atoms with Crippen LogP contribution in [0.4, 0.5) is 0 Å². The van der Waals surface area contributed by atoms with Gasteiger partial charge in [0.05, 0.1) is 11.4 Å². The summed E-state index contributed by atoms with van der Waals surface area (Å²) in [6.45, 7) is 2.36. The highest BCUT2D eigenvalue weighted by molar-refractivity contribution is 6.03. The third kappa shape index (κ3) is 2.43. The summed E-state index contributed by atoms with van der Waals surface area (Å²) >= 11 is 0. The van der Waals surface area contributed by atoms with E-state index in [2.05, 4.69) is 23.3 Å². The van der Waals surface area contributed by atoms with Crippen molar-refractivity contribution in [3.63, 3.8) is 0 Å². The lowest BCUT2D eigenvalue weighted by Gasteiger charge is -2.48. The molecule has 0 amide bonds. The minimum atomic E-state index is 0.129. The highest BCUT2D eigenvalue weighted by atomic mass is 16.6. The van der Waals surface area contributed by atoms with Gasteiger partial charge in [0.1, 0.15) is 20.0 Å². The van der Waals surface area contributed by atoms with Crippen molar-refractivity contribution in [3.8, 4) is 5.75 Å². The molecular weight excluding hydrogens is 316 g/mol. The molecule has 1 aromatic carbocycles. The number of phenolic OH excluding ortho intramolecular Hbond substituents is 1. The highest BCUT2D eigenvalue weighted by Crippen LogP contribution is 2.60.